The van der Waals surface area contributed by atoms with Crippen LogP contribution in [-0.2, 0) is 4.79 Å². The van der Waals surface area contributed by atoms with E-state index in [0.717, 1.165) is 25.7 Å². The molecule has 3 rings (SSSR count). The number of hydrogen-bond donors (Lipinski definition) is 0. The van der Waals surface area contributed by atoms with Crippen molar-refractivity contribution in [2.75, 3.05) is 7.05 Å². The molecule has 1 aromatic rings. The molecule has 3 atom stereocenters. The highest BCUT2D eigenvalue weighted by Crippen LogP contribution is 2.49. The van der Waals surface area contributed by atoms with Crippen LogP contribution < -0.4 is 0 Å². The summed E-state index contributed by atoms with van der Waals surface area (Å²) < 4.78 is 13.1. The summed E-state index contributed by atoms with van der Waals surface area (Å²) in [5.41, 5.74) is 0.913. The molecule has 2 unspecified atom stereocenters. The van der Waals surface area contributed by atoms with Crippen molar-refractivity contribution >= 4 is 5.78 Å². The van der Waals surface area contributed by atoms with Gasteiger partial charge in [-0.05, 0) is 56.3 Å². The summed E-state index contributed by atoms with van der Waals surface area (Å²) in [5, 5.41) is 0. The minimum atomic E-state index is -0.267. The maximum absolute atomic E-state index is 13.1. The van der Waals surface area contributed by atoms with Crippen LogP contribution in [0.15, 0.2) is 24.3 Å². The zero-order valence-corrected chi connectivity index (χ0v) is 12.2. The zero-order chi connectivity index (χ0) is 14.3. The van der Waals surface area contributed by atoms with E-state index in [1.165, 1.54) is 17.7 Å². The topological polar surface area (TPSA) is 20.3 Å². The predicted molar refractivity (Wildman–Crippen MR) is 77.2 cm³/mol. The average Bonchev–Trinajstić information content (AvgIpc) is 2.66. The van der Waals surface area contributed by atoms with Gasteiger partial charge < -0.3 is 0 Å². The molecule has 0 saturated carbocycles. The molecule has 1 aromatic carbocycles. The Balaban J connectivity index is 1.90. The van der Waals surface area contributed by atoms with Gasteiger partial charge in [0.15, 0.2) is 5.78 Å². The van der Waals surface area contributed by atoms with Gasteiger partial charge in [-0.1, -0.05) is 19.1 Å². The first-order valence-electron chi connectivity index (χ1n) is 7.58. The minimum absolute atomic E-state index is 0.191. The molecular weight excluding hydrogens is 253 g/mol. The van der Waals surface area contributed by atoms with Gasteiger partial charge in [0.05, 0.1) is 5.54 Å². The molecule has 108 valence electrons. The second-order valence-electron chi connectivity index (χ2n) is 6.30. The van der Waals surface area contributed by atoms with Crippen LogP contribution in [0.25, 0.3) is 0 Å². The maximum atomic E-state index is 13.1. The molecular formula is C17H22FNO. The van der Waals surface area contributed by atoms with Crippen LogP contribution in [0.5, 0.6) is 0 Å². The molecule has 20 heavy (non-hydrogen) atoms. The molecule has 0 aromatic heterocycles. The first-order chi connectivity index (χ1) is 9.56. The molecule has 0 amide bonds. The van der Waals surface area contributed by atoms with Crippen LogP contribution in [-0.4, -0.2) is 29.3 Å². The lowest BCUT2D eigenvalue weighted by Gasteiger charge is -2.45. The summed E-state index contributed by atoms with van der Waals surface area (Å²) in [5.74, 6) is 0.563. The molecule has 2 aliphatic rings. The molecule has 0 aliphatic carbocycles. The second-order valence-corrected chi connectivity index (χ2v) is 6.30. The fourth-order valence-corrected chi connectivity index (χ4v) is 4.23. The van der Waals surface area contributed by atoms with Crippen LogP contribution in [0.1, 0.15) is 50.5 Å². The van der Waals surface area contributed by atoms with Crippen molar-refractivity contribution in [3.8, 4) is 0 Å². The molecule has 2 fully saturated rings. The summed E-state index contributed by atoms with van der Waals surface area (Å²) in [4.78, 5) is 14.8. The summed E-state index contributed by atoms with van der Waals surface area (Å²) >= 11 is 0. The number of fused-ring (bicyclic) bond motifs is 2. The van der Waals surface area contributed by atoms with Gasteiger partial charge in [0.25, 0.3) is 0 Å². The maximum Gasteiger partial charge on any atom is 0.152 e. The summed E-state index contributed by atoms with van der Waals surface area (Å²) in [6.45, 7) is 1.96. The van der Waals surface area contributed by atoms with E-state index < -0.39 is 0 Å². The summed E-state index contributed by atoms with van der Waals surface area (Å²) in [7, 11) is 2.10. The van der Waals surface area contributed by atoms with E-state index in [0.29, 0.717) is 24.2 Å². The van der Waals surface area contributed by atoms with Gasteiger partial charge in [0, 0.05) is 12.5 Å². The number of benzene rings is 1. The fourth-order valence-electron chi connectivity index (χ4n) is 4.23. The lowest BCUT2D eigenvalue weighted by Crippen LogP contribution is -2.54. The van der Waals surface area contributed by atoms with E-state index >= 15 is 0 Å². The van der Waals surface area contributed by atoms with Gasteiger partial charge in [-0.25, -0.2) is 4.39 Å². The van der Waals surface area contributed by atoms with Crippen molar-refractivity contribution in [3.05, 3.63) is 35.6 Å². The van der Waals surface area contributed by atoms with Crippen LogP contribution in [0.3, 0.4) is 0 Å². The number of piperidine rings is 1. The summed E-state index contributed by atoms with van der Waals surface area (Å²) in [6.07, 6.45) is 4.67. The smallest absolute Gasteiger partial charge is 0.152 e. The van der Waals surface area contributed by atoms with Crippen LogP contribution in [0, 0.1) is 5.82 Å². The third-order valence-electron chi connectivity index (χ3n) is 5.44. The summed E-state index contributed by atoms with van der Waals surface area (Å²) in [6, 6.07) is 7.33. The number of likely N-dealkylation sites (N-methyl/N-ethyl adjacent to an activating group) is 1. The standard InChI is InChI=1S/C17H22FNO/c1-3-16(20)17-9-8-15(19(17)2)10-13(11-17)12-4-6-14(18)7-5-12/h4-7,13,15H,3,8-11H2,1-2H3/t13-,15?,17?/m0/s1. The monoisotopic (exact) mass is 275 g/mol. The van der Waals surface area contributed by atoms with Crippen molar-refractivity contribution in [1.29, 1.82) is 0 Å². The van der Waals surface area contributed by atoms with Crippen molar-refractivity contribution in [3.63, 3.8) is 0 Å². The number of Topliss-reactive ketones (excluding diaryl/α,β-unsaturated/α-hetero) is 1. The Kier molecular flexibility index (Phi) is 3.41. The van der Waals surface area contributed by atoms with E-state index in [4.69, 9.17) is 0 Å². The number of carbonyl (C=O) groups excluding carboxylic acids is 1. The molecule has 2 saturated heterocycles. The minimum Gasteiger partial charge on any atom is -0.298 e. The number of hydrogen-bond acceptors (Lipinski definition) is 2. The van der Waals surface area contributed by atoms with E-state index in [9.17, 15) is 9.18 Å². The number of nitrogens with zero attached hydrogens (tertiary/aromatic N) is 1. The van der Waals surface area contributed by atoms with Gasteiger partial charge in [-0.15, -0.1) is 0 Å². The first kappa shape index (κ1) is 13.7. The van der Waals surface area contributed by atoms with E-state index in [2.05, 4.69) is 11.9 Å². The van der Waals surface area contributed by atoms with Gasteiger partial charge in [-0.3, -0.25) is 9.69 Å². The highest BCUT2D eigenvalue weighted by atomic mass is 19.1. The van der Waals surface area contributed by atoms with Crippen molar-refractivity contribution < 1.29 is 9.18 Å². The normalized spacial score (nSPS) is 33.4. The molecule has 0 radical (unpaired) electrons. The van der Waals surface area contributed by atoms with Gasteiger partial charge in [0.1, 0.15) is 5.82 Å². The Morgan fingerprint density at radius 3 is 2.75 bits per heavy atom. The lowest BCUT2D eigenvalue weighted by atomic mass is 9.75. The third kappa shape index (κ3) is 1.99. The van der Waals surface area contributed by atoms with E-state index in [1.807, 2.05) is 19.1 Å². The van der Waals surface area contributed by atoms with Gasteiger partial charge >= 0.3 is 0 Å². The predicted octanol–water partition coefficient (Wildman–Crippen LogP) is 3.52. The first-order valence-corrected chi connectivity index (χ1v) is 7.58. The molecule has 2 heterocycles. The molecule has 2 nitrogen and oxygen atoms in total. The molecule has 2 aliphatic heterocycles. The largest absolute Gasteiger partial charge is 0.298 e. The van der Waals surface area contributed by atoms with Crippen LogP contribution >= 0.6 is 0 Å². The lowest BCUT2D eigenvalue weighted by molar-refractivity contribution is -0.131. The third-order valence-corrected chi connectivity index (χ3v) is 5.44. The number of ketones is 1. The van der Waals surface area contributed by atoms with Crippen molar-refractivity contribution in [2.24, 2.45) is 0 Å². The van der Waals surface area contributed by atoms with Crippen molar-refractivity contribution in [2.45, 2.75) is 56.5 Å². The second kappa shape index (κ2) is 4.96. The quantitative estimate of drug-likeness (QED) is 0.841. The van der Waals surface area contributed by atoms with Gasteiger partial charge in [0.2, 0.25) is 0 Å². The van der Waals surface area contributed by atoms with Gasteiger partial charge in [-0.2, -0.15) is 0 Å². The molecule has 0 N–H and O–H groups in total. The number of rotatable bonds is 3. The zero-order valence-electron chi connectivity index (χ0n) is 12.2. The Bertz CT molecular complexity index is 512. The molecule has 3 heteroatoms. The van der Waals surface area contributed by atoms with Crippen LogP contribution in [0.4, 0.5) is 4.39 Å². The molecule has 0 spiro atoms. The number of halogens is 1. The Labute approximate surface area is 120 Å². The molecule has 2 bridgehead atoms. The Morgan fingerprint density at radius 2 is 2.10 bits per heavy atom. The van der Waals surface area contributed by atoms with E-state index in [-0.39, 0.29) is 11.4 Å². The SMILES string of the molecule is CCC(=O)C12CCC(C[C@H](c3ccc(F)cc3)C1)N2C. The average molecular weight is 275 g/mol. The van der Waals surface area contributed by atoms with Crippen molar-refractivity contribution in [1.82, 2.24) is 4.90 Å². The number of carbonyl (C=O) groups is 1. The Morgan fingerprint density at radius 1 is 1.40 bits per heavy atom. The van der Waals surface area contributed by atoms with Crippen LogP contribution in [0.2, 0.25) is 0 Å². The highest BCUT2D eigenvalue weighted by molar-refractivity contribution is 5.89. The highest BCUT2D eigenvalue weighted by Gasteiger charge is 2.53. The Hall–Kier alpha value is -1.22. The fraction of sp³-hybridized carbons (Fsp3) is 0.588. The van der Waals surface area contributed by atoms with E-state index in [1.54, 1.807) is 0 Å².